The Bertz CT molecular complexity index is 728. The van der Waals surface area contributed by atoms with Gasteiger partial charge in [0.1, 0.15) is 0 Å². The Hall–Kier alpha value is -1.87. The summed E-state index contributed by atoms with van der Waals surface area (Å²) in [6.45, 7) is 2.22. The van der Waals surface area contributed by atoms with Gasteiger partial charge < -0.3 is 4.74 Å². The Labute approximate surface area is 109 Å². The van der Waals surface area contributed by atoms with Gasteiger partial charge in [-0.1, -0.05) is 24.3 Å². The van der Waals surface area contributed by atoms with Crippen LogP contribution < -0.4 is 0 Å². The van der Waals surface area contributed by atoms with Gasteiger partial charge in [-0.05, 0) is 25.1 Å². The Kier molecular flexibility index (Phi) is 2.76. The van der Waals surface area contributed by atoms with Gasteiger partial charge in [-0.25, -0.2) is 4.79 Å². The standard InChI is InChI=1S/C15H12O2S/c1-2-17-15(16)11-7-5-9-13-14(11)10-6-3-4-8-12(10)18-13/h3-9H,2H2,1H3. The van der Waals surface area contributed by atoms with Crippen molar-refractivity contribution < 1.29 is 9.53 Å². The van der Waals surface area contributed by atoms with Gasteiger partial charge in [-0.3, -0.25) is 0 Å². The highest BCUT2D eigenvalue weighted by Gasteiger charge is 2.14. The summed E-state index contributed by atoms with van der Waals surface area (Å²) in [5.74, 6) is -0.244. The molecule has 0 fully saturated rings. The molecule has 0 atom stereocenters. The average Bonchev–Trinajstić information content (AvgIpc) is 2.77. The van der Waals surface area contributed by atoms with Gasteiger partial charge in [-0.15, -0.1) is 11.3 Å². The van der Waals surface area contributed by atoms with E-state index in [4.69, 9.17) is 4.74 Å². The van der Waals surface area contributed by atoms with Crippen LogP contribution in [0.15, 0.2) is 42.5 Å². The molecule has 1 heterocycles. The first-order valence-corrected chi connectivity index (χ1v) is 6.70. The van der Waals surface area contributed by atoms with Crippen LogP contribution in [0.4, 0.5) is 0 Å². The molecule has 2 aromatic carbocycles. The normalized spacial score (nSPS) is 10.9. The minimum Gasteiger partial charge on any atom is -0.462 e. The Morgan fingerprint density at radius 1 is 1.11 bits per heavy atom. The summed E-state index contributed by atoms with van der Waals surface area (Å²) in [4.78, 5) is 12.0. The van der Waals surface area contributed by atoms with Gasteiger partial charge in [0, 0.05) is 20.2 Å². The van der Waals surface area contributed by atoms with Crippen LogP contribution in [-0.4, -0.2) is 12.6 Å². The topological polar surface area (TPSA) is 26.3 Å². The van der Waals surface area contributed by atoms with Crippen molar-refractivity contribution in [1.82, 2.24) is 0 Å². The molecule has 3 rings (SSSR count). The first-order chi connectivity index (χ1) is 8.81. The van der Waals surface area contributed by atoms with Crippen molar-refractivity contribution in [2.75, 3.05) is 6.61 Å². The third-order valence-electron chi connectivity index (χ3n) is 2.90. The molecule has 3 aromatic rings. The van der Waals surface area contributed by atoms with E-state index >= 15 is 0 Å². The van der Waals surface area contributed by atoms with E-state index in [1.54, 1.807) is 11.3 Å². The summed E-state index contributed by atoms with van der Waals surface area (Å²) < 4.78 is 7.45. The molecule has 0 bridgehead atoms. The van der Waals surface area contributed by atoms with E-state index in [9.17, 15) is 4.79 Å². The van der Waals surface area contributed by atoms with Crippen LogP contribution >= 0.6 is 11.3 Å². The molecule has 0 spiro atoms. The van der Waals surface area contributed by atoms with Crippen LogP contribution in [-0.2, 0) is 4.74 Å². The van der Waals surface area contributed by atoms with Gasteiger partial charge in [0.25, 0.3) is 0 Å². The van der Waals surface area contributed by atoms with Crippen molar-refractivity contribution in [3.8, 4) is 0 Å². The van der Waals surface area contributed by atoms with Gasteiger partial charge in [-0.2, -0.15) is 0 Å². The van der Waals surface area contributed by atoms with E-state index in [1.165, 1.54) is 4.70 Å². The predicted molar refractivity (Wildman–Crippen MR) is 75.3 cm³/mol. The number of fused-ring (bicyclic) bond motifs is 3. The molecule has 0 aliphatic rings. The molecule has 0 amide bonds. The summed E-state index contributed by atoms with van der Waals surface area (Å²) in [6.07, 6.45) is 0. The van der Waals surface area contributed by atoms with Crippen LogP contribution in [0.5, 0.6) is 0 Å². The van der Waals surface area contributed by atoms with E-state index < -0.39 is 0 Å². The fourth-order valence-corrected chi connectivity index (χ4v) is 3.29. The lowest BCUT2D eigenvalue weighted by atomic mass is 10.1. The second-order valence-corrected chi connectivity index (χ2v) is 5.08. The van der Waals surface area contributed by atoms with Crippen molar-refractivity contribution >= 4 is 37.5 Å². The average molecular weight is 256 g/mol. The number of carbonyl (C=O) groups is 1. The number of esters is 1. The lowest BCUT2D eigenvalue weighted by molar-refractivity contribution is 0.0529. The van der Waals surface area contributed by atoms with Gasteiger partial charge >= 0.3 is 5.97 Å². The van der Waals surface area contributed by atoms with E-state index in [0.717, 1.165) is 15.5 Å². The number of rotatable bonds is 2. The van der Waals surface area contributed by atoms with E-state index in [1.807, 2.05) is 37.3 Å². The summed E-state index contributed by atoms with van der Waals surface area (Å²) in [5.41, 5.74) is 0.659. The fourth-order valence-electron chi connectivity index (χ4n) is 2.15. The zero-order valence-electron chi connectivity index (χ0n) is 9.97. The summed E-state index contributed by atoms with van der Waals surface area (Å²) >= 11 is 1.70. The summed E-state index contributed by atoms with van der Waals surface area (Å²) in [6, 6.07) is 13.9. The van der Waals surface area contributed by atoms with Crippen LogP contribution in [0.3, 0.4) is 0 Å². The van der Waals surface area contributed by atoms with E-state index in [-0.39, 0.29) is 5.97 Å². The third-order valence-corrected chi connectivity index (χ3v) is 4.03. The maximum absolute atomic E-state index is 12.0. The summed E-state index contributed by atoms with van der Waals surface area (Å²) in [5, 5.41) is 2.14. The van der Waals surface area contributed by atoms with Gasteiger partial charge in [0.05, 0.1) is 12.2 Å². The highest BCUT2D eigenvalue weighted by Crippen LogP contribution is 2.35. The quantitative estimate of drug-likeness (QED) is 0.641. The van der Waals surface area contributed by atoms with Crippen LogP contribution in [0, 0.1) is 0 Å². The van der Waals surface area contributed by atoms with E-state index in [0.29, 0.717) is 12.2 Å². The van der Waals surface area contributed by atoms with Crippen LogP contribution in [0.2, 0.25) is 0 Å². The molecule has 0 radical (unpaired) electrons. The number of benzene rings is 2. The lowest BCUT2D eigenvalue weighted by Gasteiger charge is -2.03. The zero-order valence-corrected chi connectivity index (χ0v) is 10.8. The predicted octanol–water partition coefficient (Wildman–Crippen LogP) is 4.23. The molecule has 0 unspecified atom stereocenters. The van der Waals surface area contributed by atoms with Crippen molar-refractivity contribution in [2.45, 2.75) is 6.92 Å². The molecule has 0 aliphatic heterocycles. The monoisotopic (exact) mass is 256 g/mol. The minimum absolute atomic E-state index is 0.244. The third kappa shape index (κ3) is 1.68. The number of carbonyl (C=O) groups excluding carboxylic acids is 1. The smallest absolute Gasteiger partial charge is 0.338 e. The molecule has 90 valence electrons. The lowest BCUT2D eigenvalue weighted by Crippen LogP contribution is -2.04. The Morgan fingerprint density at radius 3 is 2.72 bits per heavy atom. The molecule has 0 aliphatic carbocycles. The SMILES string of the molecule is CCOC(=O)c1cccc2sc3ccccc3c12. The van der Waals surface area contributed by atoms with E-state index in [2.05, 4.69) is 12.1 Å². The number of thiophene rings is 1. The molecule has 0 saturated carbocycles. The zero-order chi connectivity index (χ0) is 12.5. The van der Waals surface area contributed by atoms with Crippen molar-refractivity contribution in [3.63, 3.8) is 0 Å². The largest absolute Gasteiger partial charge is 0.462 e. The van der Waals surface area contributed by atoms with Crippen molar-refractivity contribution in [1.29, 1.82) is 0 Å². The van der Waals surface area contributed by atoms with Crippen molar-refractivity contribution in [3.05, 3.63) is 48.0 Å². The minimum atomic E-state index is -0.244. The maximum Gasteiger partial charge on any atom is 0.338 e. The molecular formula is C15H12O2S. The second-order valence-electron chi connectivity index (χ2n) is 4.00. The first kappa shape index (κ1) is 11.2. The summed E-state index contributed by atoms with van der Waals surface area (Å²) in [7, 11) is 0. The van der Waals surface area contributed by atoms with Gasteiger partial charge in [0.15, 0.2) is 0 Å². The van der Waals surface area contributed by atoms with Crippen molar-refractivity contribution in [2.24, 2.45) is 0 Å². The molecule has 0 saturated heterocycles. The number of ether oxygens (including phenoxy) is 1. The highest BCUT2D eigenvalue weighted by molar-refractivity contribution is 7.25. The molecule has 2 nitrogen and oxygen atoms in total. The molecule has 1 aromatic heterocycles. The van der Waals surface area contributed by atoms with Crippen LogP contribution in [0.25, 0.3) is 20.2 Å². The molecule has 18 heavy (non-hydrogen) atoms. The molecule has 0 N–H and O–H groups in total. The van der Waals surface area contributed by atoms with Gasteiger partial charge in [0.2, 0.25) is 0 Å². The Balaban J connectivity index is 2.35. The highest BCUT2D eigenvalue weighted by atomic mass is 32.1. The Morgan fingerprint density at radius 2 is 1.89 bits per heavy atom. The number of hydrogen-bond donors (Lipinski definition) is 0. The first-order valence-electron chi connectivity index (χ1n) is 5.88. The molecular weight excluding hydrogens is 244 g/mol. The maximum atomic E-state index is 12.0. The fraction of sp³-hybridized carbons (Fsp3) is 0.133. The second kappa shape index (κ2) is 4.42. The number of hydrogen-bond acceptors (Lipinski definition) is 3. The van der Waals surface area contributed by atoms with Crippen LogP contribution in [0.1, 0.15) is 17.3 Å². The molecule has 3 heteroatoms.